The molecule has 0 saturated carbocycles. The van der Waals surface area contributed by atoms with Crippen molar-refractivity contribution in [1.29, 1.82) is 0 Å². The van der Waals surface area contributed by atoms with Crippen molar-refractivity contribution >= 4 is 11.6 Å². The van der Waals surface area contributed by atoms with E-state index in [1.54, 1.807) is 6.20 Å². The average molecular weight is 240 g/mol. The van der Waals surface area contributed by atoms with Crippen LogP contribution >= 0.6 is 11.6 Å². The first-order valence-corrected chi connectivity index (χ1v) is 6.17. The van der Waals surface area contributed by atoms with E-state index in [9.17, 15) is 0 Å². The number of aromatic nitrogens is 1. The topological polar surface area (TPSA) is 28.2 Å². The maximum Gasteiger partial charge on any atom is 0.133 e. The van der Waals surface area contributed by atoms with Gasteiger partial charge in [0.1, 0.15) is 5.15 Å². The molecule has 2 heterocycles. The second kappa shape index (κ2) is 5.62. The fourth-order valence-corrected chi connectivity index (χ4v) is 2.51. The first kappa shape index (κ1) is 11.8. The van der Waals surface area contributed by atoms with E-state index in [0.29, 0.717) is 11.2 Å². The molecule has 1 fully saturated rings. The minimum absolute atomic E-state index is 0.637. The zero-order valence-corrected chi connectivity index (χ0v) is 10.4. The Labute approximate surface area is 102 Å². The van der Waals surface area contributed by atoms with E-state index in [0.717, 1.165) is 25.2 Å². The van der Waals surface area contributed by atoms with Crippen LogP contribution in [0.4, 0.5) is 0 Å². The van der Waals surface area contributed by atoms with Gasteiger partial charge in [-0.1, -0.05) is 17.7 Å². The fraction of sp³-hybridized carbons (Fsp3) is 0.583. The molecule has 0 aliphatic carbocycles. The SMILES string of the molecule is CNCC1CCCN1Cc1cccnc1Cl. The number of rotatable bonds is 4. The summed E-state index contributed by atoms with van der Waals surface area (Å²) >= 11 is 6.07. The maximum absolute atomic E-state index is 6.07. The van der Waals surface area contributed by atoms with Gasteiger partial charge in [0.2, 0.25) is 0 Å². The number of halogens is 1. The molecule has 1 N–H and O–H groups in total. The summed E-state index contributed by atoms with van der Waals surface area (Å²) in [5.74, 6) is 0. The first-order chi connectivity index (χ1) is 7.81. The number of nitrogens with one attached hydrogen (secondary N) is 1. The lowest BCUT2D eigenvalue weighted by molar-refractivity contribution is 0.242. The van der Waals surface area contributed by atoms with Gasteiger partial charge < -0.3 is 5.32 Å². The molecule has 3 nitrogen and oxygen atoms in total. The second-order valence-corrected chi connectivity index (χ2v) is 4.64. The van der Waals surface area contributed by atoms with E-state index in [1.165, 1.54) is 12.8 Å². The lowest BCUT2D eigenvalue weighted by Gasteiger charge is -2.24. The average Bonchev–Trinajstić information content (AvgIpc) is 2.70. The third kappa shape index (κ3) is 2.73. The highest BCUT2D eigenvalue weighted by Crippen LogP contribution is 2.22. The van der Waals surface area contributed by atoms with Gasteiger partial charge in [0.05, 0.1) is 0 Å². The Morgan fingerprint density at radius 3 is 3.25 bits per heavy atom. The Morgan fingerprint density at radius 2 is 2.50 bits per heavy atom. The van der Waals surface area contributed by atoms with Crippen LogP contribution in [0.5, 0.6) is 0 Å². The molecule has 88 valence electrons. The number of hydrogen-bond donors (Lipinski definition) is 1. The molecule has 4 heteroatoms. The van der Waals surface area contributed by atoms with Gasteiger partial charge in [-0.2, -0.15) is 0 Å². The van der Waals surface area contributed by atoms with E-state index in [-0.39, 0.29) is 0 Å². The lowest BCUT2D eigenvalue weighted by atomic mass is 10.2. The van der Waals surface area contributed by atoms with Gasteiger partial charge in [-0.3, -0.25) is 4.90 Å². The number of nitrogens with zero attached hydrogens (tertiary/aromatic N) is 2. The number of hydrogen-bond acceptors (Lipinski definition) is 3. The van der Waals surface area contributed by atoms with Gasteiger partial charge in [0.15, 0.2) is 0 Å². The Kier molecular flexibility index (Phi) is 4.16. The third-order valence-electron chi connectivity index (χ3n) is 3.15. The van der Waals surface area contributed by atoms with Crippen LogP contribution in [0.15, 0.2) is 18.3 Å². The zero-order valence-electron chi connectivity index (χ0n) is 9.62. The van der Waals surface area contributed by atoms with Gasteiger partial charge in [-0.05, 0) is 32.5 Å². The summed E-state index contributed by atoms with van der Waals surface area (Å²) in [6.07, 6.45) is 4.30. The minimum Gasteiger partial charge on any atom is -0.318 e. The van der Waals surface area contributed by atoms with Crippen molar-refractivity contribution in [3.63, 3.8) is 0 Å². The predicted octanol–water partition coefficient (Wildman–Crippen LogP) is 1.92. The Balaban J connectivity index is 2.01. The van der Waals surface area contributed by atoms with Crippen LogP contribution in [0.25, 0.3) is 0 Å². The lowest BCUT2D eigenvalue weighted by Crippen LogP contribution is -2.36. The van der Waals surface area contributed by atoms with Crippen LogP contribution in [0.2, 0.25) is 5.15 Å². The molecule has 1 saturated heterocycles. The first-order valence-electron chi connectivity index (χ1n) is 5.79. The van der Waals surface area contributed by atoms with Gasteiger partial charge >= 0.3 is 0 Å². The monoisotopic (exact) mass is 239 g/mol. The van der Waals surface area contributed by atoms with Crippen molar-refractivity contribution in [3.8, 4) is 0 Å². The van der Waals surface area contributed by atoms with Gasteiger partial charge in [-0.15, -0.1) is 0 Å². The minimum atomic E-state index is 0.637. The Morgan fingerprint density at radius 1 is 1.62 bits per heavy atom. The summed E-state index contributed by atoms with van der Waals surface area (Å²) in [5, 5.41) is 3.89. The molecule has 0 radical (unpaired) electrons. The summed E-state index contributed by atoms with van der Waals surface area (Å²) in [6.45, 7) is 3.13. The molecule has 0 spiro atoms. The standard InChI is InChI=1S/C12H18ClN3/c1-14-8-11-5-3-7-16(11)9-10-4-2-6-15-12(10)13/h2,4,6,11,14H,3,5,7-9H2,1H3. The van der Waals surface area contributed by atoms with E-state index < -0.39 is 0 Å². The highest BCUT2D eigenvalue weighted by atomic mass is 35.5. The number of likely N-dealkylation sites (N-methyl/N-ethyl adjacent to an activating group) is 1. The second-order valence-electron chi connectivity index (χ2n) is 4.28. The molecule has 0 aromatic carbocycles. The van der Waals surface area contributed by atoms with Gasteiger partial charge in [0, 0.05) is 30.9 Å². The number of likely N-dealkylation sites (tertiary alicyclic amines) is 1. The summed E-state index contributed by atoms with van der Waals surface area (Å²) in [5.41, 5.74) is 1.13. The molecule has 1 aliphatic rings. The van der Waals surface area contributed by atoms with Crippen LogP contribution in [0.3, 0.4) is 0 Å². The highest BCUT2D eigenvalue weighted by molar-refractivity contribution is 6.30. The van der Waals surface area contributed by atoms with Crippen molar-refractivity contribution in [2.75, 3.05) is 20.1 Å². The molecular formula is C12H18ClN3. The summed E-state index contributed by atoms with van der Waals surface area (Å²) in [7, 11) is 2.01. The molecule has 0 bridgehead atoms. The van der Waals surface area contributed by atoms with Crippen molar-refractivity contribution in [1.82, 2.24) is 15.2 Å². The van der Waals surface area contributed by atoms with Crippen LogP contribution in [-0.2, 0) is 6.54 Å². The maximum atomic E-state index is 6.07. The van der Waals surface area contributed by atoms with E-state index in [2.05, 4.69) is 21.3 Å². The molecular weight excluding hydrogens is 222 g/mol. The normalized spacial score (nSPS) is 21.5. The molecule has 1 aromatic heterocycles. The largest absolute Gasteiger partial charge is 0.318 e. The predicted molar refractivity (Wildman–Crippen MR) is 66.6 cm³/mol. The molecule has 1 unspecified atom stereocenters. The van der Waals surface area contributed by atoms with Crippen molar-refractivity contribution in [2.45, 2.75) is 25.4 Å². The van der Waals surface area contributed by atoms with Crippen molar-refractivity contribution in [2.24, 2.45) is 0 Å². The Bertz CT molecular complexity index is 343. The Hall–Kier alpha value is -0.640. The quantitative estimate of drug-likeness (QED) is 0.814. The summed E-state index contributed by atoms with van der Waals surface area (Å²) < 4.78 is 0. The molecule has 16 heavy (non-hydrogen) atoms. The van der Waals surface area contributed by atoms with E-state index in [4.69, 9.17) is 11.6 Å². The molecule has 1 aliphatic heterocycles. The molecule has 1 aromatic rings. The highest BCUT2D eigenvalue weighted by Gasteiger charge is 2.24. The number of pyridine rings is 1. The van der Waals surface area contributed by atoms with E-state index >= 15 is 0 Å². The third-order valence-corrected chi connectivity index (χ3v) is 3.49. The molecule has 2 rings (SSSR count). The van der Waals surface area contributed by atoms with Crippen molar-refractivity contribution < 1.29 is 0 Å². The zero-order chi connectivity index (χ0) is 11.4. The molecule has 1 atom stereocenters. The van der Waals surface area contributed by atoms with Gasteiger partial charge in [-0.25, -0.2) is 4.98 Å². The van der Waals surface area contributed by atoms with Crippen LogP contribution in [0.1, 0.15) is 18.4 Å². The van der Waals surface area contributed by atoms with Gasteiger partial charge in [0.25, 0.3) is 0 Å². The molecule has 0 amide bonds. The van der Waals surface area contributed by atoms with Crippen LogP contribution in [0, 0.1) is 0 Å². The fourth-order valence-electron chi connectivity index (χ4n) is 2.33. The van der Waals surface area contributed by atoms with E-state index in [1.807, 2.05) is 13.1 Å². The summed E-state index contributed by atoms with van der Waals surface area (Å²) in [6, 6.07) is 4.65. The summed E-state index contributed by atoms with van der Waals surface area (Å²) in [4.78, 5) is 6.60. The van der Waals surface area contributed by atoms with Crippen LogP contribution in [-0.4, -0.2) is 36.1 Å². The van der Waals surface area contributed by atoms with Crippen LogP contribution < -0.4 is 5.32 Å². The van der Waals surface area contributed by atoms with Crippen molar-refractivity contribution in [3.05, 3.63) is 29.0 Å². The smallest absolute Gasteiger partial charge is 0.133 e.